The van der Waals surface area contributed by atoms with Gasteiger partial charge >= 0.3 is 5.97 Å². The van der Waals surface area contributed by atoms with Gasteiger partial charge in [0.2, 0.25) is 5.91 Å². The first-order valence-electron chi connectivity index (χ1n) is 16.7. The Balaban J connectivity index is 1.34. The molecule has 5 aromatic rings. The van der Waals surface area contributed by atoms with Gasteiger partial charge in [-0.2, -0.15) is 0 Å². The summed E-state index contributed by atoms with van der Waals surface area (Å²) < 4.78 is 10.8. The van der Waals surface area contributed by atoms with Gasteiger partial charge in [-0.3, -0.25) is 14.4 Å². The Hall–Kier alpha value is -5.65. The van der Waals surface area contributed by atoms with Crippen molar-refractivity contribution in [3.05, 3.63) is 136 Å². The van der Waals surface area contributed by atoms with E-state index in [2.05, 4.69) is 16.0 Å². The summed E-state index contributed by atoms with van der Waals surface area (Å²) in [5.74, 6) is -1.22. The first-order chi connectivity index (χ1) is 25.2. The standard InChI is InChI=1S/C41H39N3O6S2/c1-5-35(39(47)44-40-36(41(48)50-6-2)32(25-51-40)27-21-19-26(3)20-22-27)52-31-17-12-16-30(24-31)42-38(46)33(23-29-15-10-11-18-34(29)49-4)43-37(45)28-13-8-7-9-14-28/h7-25,35H,5-6H2,1-4H3,(H,42,46)(H,43,45)(H,44,47)/b33-23+. The van der Waals surface area contributed by atoms with Gasteiger partial charge in [0.25, 0.3) is 11.8 Å². The van der Waals surface area contributed by atoms with Crippen molar-refractivity contribution in [2.24, 2.45) is 0 Å². The van der Waals surface area contributed by atoms with Crippen LogP contribution in [0.4, 0.5) is 10.7 Å². The zero-order valence-electron chi connectivity index (χ0n) is 29.2. The van der Waals surface area contributed by atoms with Crippen molar-refractivity contribution in [1.82, 2.24) is 5.32 Å². The second-order valence-electron chi connectivity index (χ2n) is 11.5. The maximum absolute atomic E-state index is 13.7. The van der Waals surface area contributed by atoms with Gasteiger partial charge in [-0.1, -0.05) is 79.2 Å². The Labute approximate surface area is 311 Å². The number of carbonyl (C=O) groups is 4. The van der Waals surface area contributed by atoms with E-state index in [0.29, 0.717) is 45.1 Å². The summed E-state index contributed by atoms with van der Waals surface area (Å²) in [6.07, 6.45) is 2.06. The fraction of sp³-hybridized carbons (Fsp3) is 0.171. The van der Waals surface area contributed by atoms with Crippen molar-refractivity contribution in [2.75, 3.05) is 24.4 Å². The maximum Gasteiger partial charge on any atom is 0.341 e. The smallest absolute Gasteiger partial charge is 0.341 e. The molecule has 266 valence electrons. The summed E-state index contributed by atoms with van der Waals surface area (Å²) in [5, 5.41) is 10.4. The van der Waals surface area contributed by atoms with Crippen LogP contribution in [0.25, 0.3) is 17.2 Å². The number of nitrogens with one attached hydrogen (secondary N) is 3. The van der Waals surface area contributed by atoms with Crippen LogP contribution in [0.1, 0.15) is 52.1 Å². The van der Waals surface area contributed by atoms with Crippen LogP contribution < -0.4 is 20.7 Å². The number of anilines is 2. The molecule has 5 rings (SSSR count). The molecule has 0 aliphatic rings. The Morgan fingerprint density at radius 3 is 2.31 bits per heavy atom. The third-order valence-electron chi connectivity index (χ3n) is 7.87. The van der Waals surface area contributed by atoms with E-state index in [0.717, 1.165) is 16.0 Å². The number of hydrogen-bond donors (Lipinski definition) is 3. The number of esters is 1. The molecule has 1 atom stereocenters. The van der Waals surface area contributed by atoms with E-state index >= 15 is 0 Å². The number of ether oxygens (including phenoxy) is 2. The fourth-order valence-electron chi connectivity index (χ4n) is 5.21. The molecule has 11 heteroatoms. The lowest BCUT2D eigenvalue weighted by Crippen LogP contribution is -2.30. The minimum atomic E-state index is -0.546. The molecule has 1 heterocycles. The zero-order chi connectivity index (χ0) is 37.0. The summed E-state index contributed by atoms with van der Waals surface area (Å²) in [5.41, 5.74) is 4.45. The van der Waals surface area contributed by atoms with Crippen LogP contribution in [0.15, 0.2) is 119 Å². The number of thioether (sulfide) groups is 1. The molecular weight excluding hydrogens is 695 g/mol. The lowest BCUT2D eigenvalue weighted by molar-refractivity contribution is -0.116. The molecule has 1 unspecified atom stereocenters. The van der Waals surface area contributed by atoms with E-state index in [9.17, 15) is 19.2 Å². The Kier molecular flexibility index (Phi) is 13.0. The Morgan fingerprint density at radius 2 is 1.60 bits per heavy atom. The van der Waals surface area contributed by atoms with Crippen LogP contribution in [0, 0.1) is 6.92 Å². The quantitative estimate of drug-likeness (QED) is 0.0592. The van der Waals surface area contributed by atoms with Crippen molar-refractivity contribution in [2.45, 2.75) is 37.3 Å². The van der Waals surface area contributed by atoms with Gasteiger partial charge in [0, 0.05) is 32.7 Å². The lowest BCUT2D eigenvalue weighted by atomic mass is 10.0. The van der Waals surface area contributed by atoms with Gasteiger partial charge in [0.15, 0.2) is 0 Å². The van der Waals surface area contributed by atoms with Crippen molar-refractivity contribution >= 4 is 63.6 Å². The summed E-state index contributed by atoms with van der Waals surface area (Å²) in [4.78, 5) is 54.3. The Bertz CT molecular complexity index is 2080. The van der Waals surface area contributed by atoms with Gasteiger partial charge in [-0.15, -0.1) is 23.1 Å². The SMILES string of the molecule is CCOC(=O)c1c(-c2ccc(C)cc2)csc1NC(=O)C(CC)Sc1cccc(NC(=O)/C(=C\c2ccccc2OC)NC(=O)c2ccccc2)c1. The highest BCUT2D eigenvalue weighted by Gasteiger charge is 2.26. The fourth-order valence-corrected chi connectivity index (χ4v) is 7.18. The molecule has 0 radical (unpaired) electrons. The van der Waals surface area contributed by atoms with Gasteiger partial charge in [0.05, 0.1) is 19.0 Å². The van der Waals surface area contributed by atoms with Crippen LogP contribution in [0.2, 0.25) is 0 Å². The van der Waals surface area contributed by atoms with E-state index in [1.54, 1.807) is 73.7 Å². The number of thiophene rings is 1. The van der Waals surface area contributed by atoms with Gasteiger partial charge < -0.3 is 25.4 Å². The molecule has 4 aromatic carbocycles. The Morgan fingerprint density at radius 1 is 0.865 bits per heavy atom. The third kappa shape index (κ3) is 9.56. The molecular formula is C41H39N3O6S2. The van der Waals surface area contributed by atoms with Gasteiger partial charge in [-0.25, -0.2) is 4.79 Å². The van der Waals surface area contributed by atoms with E-state index in [4.69, 9.17) is 9.47 Å². The van der Waals surface area contributed by atoms with E-state index in [-0.39, 0.29) is 18.2 Å². The predicted octanol–water partition coefficient (Wildman–Crippen LogP) is 8.83. The average molecular weight is 734 g/mol. The highest BCUT2D eigenvalue weighted by Crippen LogP contribution is 2.37. The molecule has 1 aromatic heterocycles. The first kappa shape index (κ1) is 37.6. The van der Waals surface area contributed by atoms with Gasteiger partial charge in [0.1, 0.15) is 22.0 Å². The monoisotopic (exact) mass is 733 g/mol. The number of amides is 3. The van der Waals surface area contributed by atoms with E-state index in [1.165, 1.54) is 30.2 Å². The van der Waals surface area contributed by atoms with Crippen molar-refractivity contribution in [1.29, 1.82) is 0 Å². The third-order valence-corrected chi connectivity index (χ3v) is 10.1. The van der Waals surface area contributed by atoms with Crippen molar-refractivity contribution < 1.29 is 28.7 Å². The molecule has 9 nitrogen and oxygen atoms in total. The summed E-state index contributed by atoms with van der Waals surface area (Å²) in [7, 11) is 1.53. The summed E-state index contributed by atoms with van der Waals surface area (Å²) in [6.45, 7) is 5.84. The molecule has 0 fully saturated rings. The predicted molar refractivity (Wildman–Crippen MR) is 209 cm³/mol. The molecule has 52 heavy (non-hydrogen) atoms. The van der Waals surface area contributed by atoms with E-state index in [1.807, 2.05) is 61.7 Å². The number of aryl methyl sites for hydroxylation is 1. The minimum absolute atomic E-state index is 0.0144. The van der Waals surface area contributed by atoms with E-state index < -0.39 is 23.0 Å². The molecule has 0 spiro atoms. The van der Waals surface area contributed by atoms with Gasteiger partial charge in [-0.05, 0) is 68.3 Å². The first-order valence-corrected chi connectivity index (χ1v) is 18.4. The van der Waals surface area contributed by atoms with Crippen molar-refractivity contribution in [3.63, 3.8) is 0 Å². The second-order valence-corrected chi connectivity index (χ2v) is 13.7. The number of rotatable bonds is 14. The number of para-hydroxylation sites is 1. The summed E-state index contributed by atoms with van der Waals surface area (Å²) >= 11 is 2.61. The lowest BCUT2D eigenvalue weighted by Gasteiger charge is -2.16. The molecule has 0 aliphatic heterocycles. The average Bonchev–Trinajstić information content (AvgIpc) is 3.57. The largest absolute Gasteiger partial charge is 0.496 e. The highest BCUT2D eigenvalue weighted by molar-refractivity contribution is 8.00. The van der Waals surface area contributed by atoms with Crippen LogP contribution >= 0.6 is 23.1 Å². The highest BCUT2D eigenvalue weighted by atomic mass is 32.2. The summed E-state index contributed by atoms with van der Waals surface area (Å²) in [6, 6.07) is 30.7. The number of hydrogen-bond acceptors (Lipinski definition) is 8. The van der Waals surface area contributed by atoms with Crippen LogP contribution in [0.5, 0.6) is 5.75 Å². The second kappa shape index (κ2) is 18.0. The molecule has 3 N–H and O–H groups in total. The molecule has 0 aliphatic carbocycles. The zero-order valence-corrected chi connectivity index (χ0v) is 30.9. The van der Waals surface area contributed by atoms with Crippen LogP contribution in [-0.2, 0) is 14.3 Å². The molecule has 3 amide bonds. The van der Waals surface area contributed by atoms with Crippen LogP contribution in [0.3, 0.4) is 0 Å². The number of carbonyl (C=O) groups excluding carboxylic acids is 4. The molecule has 0 saturated carbocycles. The van der Waals surface area contributed by atoms with Crippen LogP contribution in [-0.4, -0.2) is 42.7 Å². The number of benzene rings is 4. The minimum Gasteiger partial charge on any atom is -0.496 e. The molecule has 0 saturated heterocycles. The maximum atomic E-state index is 13.7. The molecule has 0 bridgehead atoms. The normalized spacial score (nSPS) is 11.7. The van der Waals surface area contributed by atoms with Crippen molar-refractivity contribution in [3.8, 4) is 16.9 Å². The topological polar surface area (TPSA) is 123 Å². The number of methoxy groups -OCH3 is 1.